The average molecular weight is 462 g/mol. The van der Waals surface area contributed by atoms with Crippen LogP contribution in [-0.4, -0.2) is 65.7 Å². The third-order valence-electron chi connectivity index (χ3n) is 5.01. The highest BCUT2D eigenvalue weighted by atomic mass is 16.7. The number of H-pyrrole nitrogens is 1. The smallest absolute Gasteiger partial charge is 0.459 e. The summed E-state index contributed by atoms with van der Waals surface area (Å²) in [5.74, 6) is 0.191. The molecule has 0 spiro atoms. The first-order chi connectivity index (χ1) is 15.7. The van der Waals surface area contributed by atoms with Crippen molar-refractivity contribution in [3.8, 4) is 0 Å². The molecule has 3 rings (SSSR count). The van der Waals surface area contributed by atoms with Gasteiger partial charge in [-0.05, 0) is 19.1 Å². The molecule has 0 amide bonds. The number of pyridine rings is 1. The number of nitrogens with zero attached hydrogens (tertiary/aromatic N) is 3. The van der Waals surface area contributed by atoms with Gasteiger partial charge in [0.05, 0.1) is 6.54 Å². The van der Waals surface area contributed by atoms with Gasteiger partial charge in [-0.2, -0.15) is 0 Å². The van der Waals surface area contributed by atoms with Crippen LogP contribution in [0.4, 0.5) is 10.6 Å². The van der Waals surface area contributed by atoms with Gasteiger partial charge >= 0.3 is 17.8 Å². The van der Waals surface area contributed by atoms with E-state index in [0.29, 0.717) is 12.1 Å². The molecule has 2 aromatic rings. The second kappa shape index (κ2) is 10.8. The summed E-state index contributed by atoms with van der Waals surface area (Å²) in [4.78, 5) is 55.5. The molecule has 1 saturated heterocycles. The van der Waals surface area contributed by atoms with E-state index in [1.54, 1.807) is 19.2 Å². The second-order valence-corrected chi connectivity index (χ2v) is 7.51. The van der Waals surface area contributed by atoms with Gasteiger partial charge in [-0.25, -0.2) is 14.6 Å². The quantitative estimate of drug-likeness (QED) is 0.558. The van der Waals surface area contributed by atoms with Crippen molar-refractivity contribution in [1.29, 1.82) is 0 Å². The molecule has 3 heterocycles. The average Bonchev–Trinajstić information content (AvgIpc) is 3.17. The van der Waals surface area contributed by atoms with Crippen LogP contribution >= 0.6 is 0 Å². The van der Waals surface area contributed by atoms with Crippen LogP contribution < -0.4 is 16.1 Å². The summed E-state index contributed by atoms with van der Waals surface area (Å²) in [6.45, 7) is 3.02. The van der Waals surface area contributed by atoms with E-state index in [1.807, 2.05) is 24.1 Å². The largest absolute Gasteiger partial charge is 0.508 e. The third kappa shape index (κ3) is 6.42. The number of aromatic amines is 1. The number of aryl methyl sites for hydroxylation is 1. The highest BCUT2D eigenvalue weighted by molar-refractivity contribution is 5.66. The predicted molar refractivity (Wildman–Crippen MR) is 115 cm³/mol. The molecule has 1 N–H and O–H groups in total. The van der Waals surface area contributed by atoms with Crippen LogP contribution in [0.1, 0.15) is 25.1 Å². The van der Waals surface area contributed by atoms with Crippen molar-refractivity contribution in [1.82, 2.24) is 14.5 Å². The zero-order chi connectivity index (χ0) is 24.0. The van der Waals surface area contributed by atoms with Crippen LogP contribution in [0.5, 0.6) is 0 Å². The Balaban J connectivity index is 1.54. The first-order valence-electron chi connectivity index (χ1n) is 10.3. The van der Waals surface area contributed by atoms with Crippen molar-refractivity contribution in [2.24, 2.45) is 0 Å². The summed E-state index contributed by atoms with van der Waals surface area (Å²) in [7, 11) is 1.81. The number of hydrogen-bond acceptors (Lipinski definition) is 10. The summed E-state index contributed by atoms with van der Waals surface area (Å²) in [6.07, 6.45) is -0.117. The topological polar surface area (TPSA) is 142 Å². The van der Waals surface area contributed by atoms with E-state index in [-0.39, 0.29) is 19.6 Å². The van der Waals surface area contributed by atoms with Crippen LogP contribution in [0.15, 0.2) is 40.2 Å². The number of anilines is 1. The molecule has 33 heavy (non-hydrogen) atoms. The molecule has 12 heteroatoms. The van der Waals surface area contributed by atoms with Gasteiger partial charge in [-0.1, -0.05) is 6.07 Å². The van der Waals surface area contributed by atoms with Gasteiger partial charge in [0, 0.05) is 38.3 Å². The van der Waals surface area contributed by atoms with Crippen LogP contribution in [0.3, 0.4) is 0 Å². The fourth-order valence-corrected chi connectivity index (χ4v) is 3.31. The highest BCUT2D eigenvalue weighted by Gasteiger charge is 2.40. The second-order valence-electron chi connectivity index (χ2n) is 7.51. The normalized spacial score (nSPS) is 19.7. The Bertz CT molecular complexity index is 1080. The first kappa shape index (κ1) is 24.0. The number of hydrogen-bond donors (Lipinski definition) is 1. The Labute approximate surface area is 189 Å². The lowest BCUT2D eigenvalue weighted by Crippen LogP contribution is -2.33. The highest BCUT2D eigenvalue weighted by Crippen LogP contribution is 2.30. The lowest BCUT2D eigenvalue weighted by Gasteiger charge is -2.19. The van der Waals surface area contributed by atoms with E-state index >= 15 is 0 Å². The molecule has 0 bridgehead atoms. The summed E-state index contributed by atoms with van der Waals surface area (Å²) in [5, 5.41) is 0. The van der Waals surface area contributed by atoms with E-state index in [1.165, 1.54) is 17.7 Å². The molecule has 1 aliphatic rings. The number of rotatable bonds is 8. The van der Waals surface area contributed by atoms with Crippen molar-refractivity contribution < 1.29 is 28.5 Å². The number of carbonyl (C=O) groups excluding carboxylic acids is 2. The van der Waals surface area contributed by atoms with Crippen LogP contribution in [0.2, 0.25) is 0 Å². The fraction of sp³-hybridized carbons (Fsp3) is 0.476. The Kier molecular flexibility index (Phi) is 7.83. The fourth-order valence-electron chi connectivity index (χ4n) is 3.31. The molecule has 0 aliphatic carbocycles. The monoisotopic (exact) mass is 462 g/mol. The summed E-state index contributed by atoms with van der Waals surface area (Å²) < 4.78 is 22.5. The SMILES string of the molecule is CC(=O)O[C@H]1C[C@H](n2cc(C)c(=O)[nH]c2=O)O[C@@H]1COC(=O)OCCN(C)c1ccccn1. The zero-order valence-electron chi connectivity index (χ0n) is 18.6. The Morgan fingerprint density at radius 1 is 1.30 bits per heavy atom. The Hall–Kier alpha value is -3.67. The van der Waals surface area contributed by atoms with Gasteiger partial charge in [-0.15, -0.1) is 0 Å². The lowest BCUT2D eigenvalue weighted by atomic mass is 10.2. The van der Waals surface area contributed by atoms with Crippen molar-refractivity contribution in [2.45, 2.75) is 38.7 Å². The van der Waals surface area contributed by atoms with Crippen molar-refractivity contribution in [3.05, 3.63) is 57.0 Å². The molecular formula is C21H26N4O8. The predicted octanol–water partition coefficient (Wildman–Crippen LogP) is 0.749. The van der Waals surface area contributed by atoms with Gasteiger partial charge in [0.2, 0.25) is 0 Å². The number of ether oxygens (including phenoxy) is 4. The minimum Gasteiger partial charge on any atom is -0.459 e. The zero-order valence-corrected chi connectivity index (χ0v) is 18.6. The molecule has 3 atom stereocenters. The minimum atomic E-state index is -0.907. The maximum absolute atomic E-state index is 12.2. The lowest BCUT2D eigenvalue weighted by molar-refractivity contribution is -0.150. The number of carbonyl (C=O) groups is 2. The molecule has 1 fully saturated rings. The minimum absolute atomic E-state index is 0.0689. The van der Waals surface area contributed by atoms with E-state index in [4.69, 9.17) is 18.9 Å². The third-order valence-corrected chi connectivity index (χ3v) is 5.01. The molecule has 178 valence electrons. The summed E-state index contributed by atoms with van der Waals surface area (Å²) >= 11 is 0. The molecule has 0 aromatic carbocycles. The Morgan fingerprint density at radius 3 is 2.79 bits per heavy atom. The van der Waals surface area contributed by atoms with Gasteiger partial charge in [0.1, 0.15) is 37.5 Å². The van der Waals surface area contributed by atoms with Gasteiger partial charge < -0.3 is 23.8 Å². The maximum atomic E-state index is 12.2. The number of likely N-dealkylation sites (N-methyl/N-ethyl adjacent to an activating group) is 1. The molecule has 2 aromatic heterocycles. The van der Waals surface area contributed by atoms with E-state index < -0.39 is 41.8 Å². The molecule has 0 saturated carbocycles. The summed E-state index contributed by atoms with van der Waals surface area (Å²) in [5.41, 5.74) is -0.835. The van der Waals surface area contributed by atoms with Gasteiger partial charge in [0.25, 0.3) is 5.56 Å². The van der Waals surface area contributed by atoms with Crippen LogP contribution in [-0.2, 0) is 23.7 Å². The first-order valence-corrected chi connectivity index (χ1v) is 10.3. The number of nitrogens with one attached hydrogen (secondary N) is 1. The molecular weight excluding hydrogens is 436 g/mol. The van der Waals surface area contributed by atoms with Crippen LogP contribution in [0.25, 0.3) is 0 Å². The van der Waals surface area contributed by atoms with Crippen molar-refractivity contribution in [3.63, 3.8) is 0 Å². The molecule has 0 unspecified atom stereocenters. The number of aromatic nitrogens is 3. The van der Waals surface area contributed by atoms with Gasteiger partial charge in [0.15, 0.2) is 0 Å². The van der Waals surface area contributed by atoms with E-state index in [9.17, 15) is 19.2 Å². The molecule has 1 aliphatic heterocycles. The van der Waals surface area contributed by atoms with E-state index in [2.05, 4.69) is 9.97 Å². The maximum Gasteiger partial charge on any atom is 0.508 e. The Morgan fingerprint density at radius 2 is 2.09 bits per heavy atom. The molecule has 0 radical (unpaired) electrons. The van der Waals surface area contributed by atoms with Gasteiger partial charge in [-0.3, -0.25) is 19.1 Å². The summed E-state index contributed by atoms with van der Waals surface area (Å²) in [6, 6.07) is 5.49. The molecule has 12 nitrogen and oxygen atoms in total. The number of esters is 1. The van der Waals surface area contributed by atoms with Crippen LogP contribution in [0, 0.1) is 6.92 Å². The van der Waals surface area contributed by atoms with E-state index in [0.717, 1.165) is 5.82 Å². The van der Waals surface area contributed by atoms with Crippen molar-refractivity contribution in [2.75, 3.05) is 31.7 Å². The van der Waals surface area contributed by atoms with Crippen molar-refractivity contribution >= 4 is 17.9 Å². The standard InChI is InChI=1S/C21H26N4O8/c1-13-11-25(20(28)23-19(13)27)18-10-15(32-14(2)26)16(33-18)12-31-21(29)30-9-8-24(3)17-6-4-5-7-22-17/h4-7,11,15-16,18H,8-10,12H2,1-3H3,(H,23,27,28)/t15-,16+,18+/m0/s1.